The van der Waals surface area contributed by atoms with Gasteiger partial charge in [0.15, 0.2) is 11.5 Å². The normalized spacial score (nSPS) is 20.7. The van der Waals surface area contributed by atoms with Crippen molar-refractivity contribution in [2.24, 2.45) is 0 Å². The summed E-state index contributed by atoms with van der Waals surface area (Å²) in [5.74, 6) is 0.0301. The molecule has 0 saturated carbocycles. The Labute approximate surface area is 239 Å². The fourth-order valence-corrected chi connectivity index (χ4v) is 5.62. The standard InChI is InChI=1S/C31H38N2O8/c1-4-5-10-26(36)33(13-11-20-8-6-7-9-24(20)39-2)23-17-22(31(38)32-12-14-34)27-21-15-19(18-35)16-25(40-3)29(21)41-30(27)28(23)37/h6-9,15-18,23,27-28,30,34,37H,4-5,10-14H2,1-3H3,(H,32,38). The Morgan fingerprint density at radius 3 is 2.59 bits per heavy atom. The van der Waals surface area contributed by atoms with Crippen LogP contribution < -0.4 is 19.5 Å². The summed E-state index contributed by atoms with van der Waals surface area (Å²) in [6.07, 6.45) is 2.47. The van der Waals surface area contributed by atoms with Crippen LogP contribution in [0.5, 0.6) is 17.2 Å². The smallest absolute Gasteiger partial charge is 0.247 e. The number of methoxy groups -OCH3 is 2. The number of fused-ring (bicyclic) bond motifs is 3. The van der Waals surface area contributed by atoms with Crippen LogP contribution in [-0.2, 0) is 16.0 Å². The van der Waals surface area contributed by atoms with Crippen LogP contribution in [0.15, 0.2) is 48.0 Å². The number of amides is 2. The molecule has 0 saturated heterocycles. The number of carbonyl (C=O) groups is 3. The Kier molecular flexibility index (Phi) is 10.0. The number of carbonyl (C=O) groups excluding carboxylic acids is 3. The summed E-state index contributed by atoms with van der Waals surface area (Å²) >= 11 is 0. The molecule has 10 nitrogen and oxygen atoms in total. The van der Waals surface area contributed by atoms with Crippen molar-refractivity contribution >= 4 is 18.1 Å². The van der Waals surface area contributed by atoms with Gasteiger partial charge in [-0.25, -0.2) is 0 Å². The second-order valence-electron chi connectivity index (χ2n) is 10.2. The first-order valence-corrected chi connectivity index (χ1v) is 13.9. The summed E-state index contributed by atoms with van der Waals surface area (Å²) in [6.45, 7) is 2.05. The van der Waals surface area contributed by atoms with Crippen LogP contribution in [0.4, 0.5) is 0 Å². The molecule has 2 amide bonds. The fourth-order valence-electron chi connectivity index (χ4n) is 5.62. The first-order valence-electron chi connectivity index (χ1n) is 13.9. The Morgan fingerprint density at radius 2 is 1.90 bits per heavy atom. The summed E-state index contributed by atoms with van der Waals surface area (Å²) in [7, 11) is 3.04. The van der Waals surface area contributed by atoms with Gasteiger partial charge in [-0.05, 0) is 42.7 Å². The predicted octanol–water partition coefficient (Wildman–Crippen LogP) is 2.40. The van der Waals surface area contributed by atoms with Gasteiger partial charge in [0.25, 0.3) is 0 Å². The van der Waals surface area contributed by atoms with E-state index in [0.29, 0.717) is 47.5 Å². The molecule has 10 heteroatoms. The van der Waals surface area contributed by atoms with Gasteiger partial charge < -0.3 is 34.6 Å². The second-order valence-corrected chi connectivity index (χ2v) is 10.2. The van der Waals surface area contributed by atoms with Crippen molar-refractivity contribution in [1.29, 1.82) is 0 Å². The number of nitrogens with one attached hydrogen (secondary N) is 1. The van der Waals surface area contributed by atoms with Gasteiger partial charge in [0, 0.05) is 36.2 Å². The molecule has 0 spiro atoms. The van der Waals surface area contributed by atoms with E-state index >= 15 is 0 Å². The molecular formula is C31H38N2O8. The largest absolute Gasteiger partial charge is 0.496 e. The average Bonchev–Trinajstić information content (AvgIpc) is 3.39. The summed E-state index contributed by atoms with van der Waals surface area (Å²) in [6, 6.07) is 9.85. The highest BCUT2D eigenvalue weighted by atomic mass is 16.5. The molecule has 220 valence electrons. The predicted molar refractivity (Wildman–Crippen MR) is 151 cm³/mol. The zero-order chi connectivity index (χ0) is 29.5. The van der Waals surface area contributed by atoms with E-state index in [4.69, 9.17) is 14.2 Å². The summed E-state index contributed by atoms with van der Waals surface area (Å²) in [4.78, 5) is 40.3. The molecule has 2 aromatic carbocycles. The number of hydrogen-bond acceptors (Lipinski definition) is 8. The number of rotatable bonds is 13. The molecule has 1 heterocycles. The van der Waals surface area contributed by atoms with Crippen LogP contribution in [0.3, 0.4) is 0 Å². The van der Waals surface area contributed by atoms with Gasteiger partial charge in [0.2, 0.25) is 11.8 Å². The van der Waals surface area contributed by atoms with Crippen LogP contribution in [0.1, 0.15) is 53.6 Å². The van der Waals surface area contributed by atoms with Crippen molar-refractivity contribution in [3.05, 3.63) is 64.7 Å². The minimum atomic E-state index is -1.19. The molecule has 2 aliphatic rings. The molecule has 41 heavy (non-hydrogen) atoms. The number of aldehydes is 1. The lowest BCUT2D eigenvalue weighted by molar-refractivity contribution is -0.137. The van der Waals surface area contributed by atoms with Crippen LogP contribution in [-0.4, -0.2) is 85.4 Å². The molecule has 1 aliphatic carbocycles. The molecule has 3 N–H and O–H groups in total. The van der Waals surface area contributed by atoms with Crippen molar-refractivity contribution in [1.82, 2.24) is 10.2 Å². The van der Waals surface area contributed by atoms with Crippen molar-refractivity contribution in [3.8, 4) is 17.2 Å². The molecule has 2 aromatic rings. The van der Waals surface area contributed by atoms with E-state index in [1.54, 1.807) is 24.2 Å². The SMILES string of the molecule is CCCCC(=O)N(CCc1ccccc1OC)C1C=C(C(=O)NCCO)C2c3cc(C=O)cc(OC)c3OC2C1O. The van der Waals surface area contributed by atoms with E-state index < -0.39 is 30.1 Å². The number of unbranched alkanes of at least 4 members (excludes halogenated alkanes) is 1. The van der Waals surface area contributed by atoms with Gasteiger partial charge in [0.1, 0.15) is 24.2 Å². The first kappa shape index (κ1) is 30.1. The minimum absolute atomic E-state index is 0.0269. The van der Waals surface area contributed by atoms with Gasteiger partial charge in [-0.2, -0.15) is 0 Å². The van der Waals surface area contributed by atoms with Crippen molar-refractivity contribution in [2.45, 2.75) is 56.8 Å². The van der Waals surface area contributed by atoms with Crippen molar-refractivity contribution < 1.29 is 38.8 Å². The maximum absolute atomic E-state index is 13.6. The van der Waals surface area contributed by atoms with E-state index in [-0.39, 0.29) is 37.6 Å². The molecule has 0 bridgehead atoms. The molecule has 4 atom stereocenters. The first-order chi connectivity index (χ1) is 19.9. The molecule has 1 aliphatic heterocycles. The molecule has 4 unspecified atom stereocenters. The molecule has 0 fully saturated rings. The number of para-hydroxylation sites is 1. The lowest BCUT2D eigenvalue weighted by atomic mass is 9.77. The number of aliphatic hydroxyl groups is 2. The monoisotopic (exact) mass is 566 g/mol. The average molecular weight is 567 g/mol. The van der Waals surface area contributed by atoms with Gasteiger partial charge in [-0.3, -0.25) is 14.4 Å². The summed E-state index contributed by atoms with van der Waals surface area (Å²) in [5, 5.41) is 23.8. The van der Waals surface area contributed by atoms with Crippen LogP contribution in [0, 0.1) is 0 Å². The Balaban J connectivity index is 1.77. The van der Waals surface area contributed by atoms with E-state index in [0.717, 1.165) is 12.0 Å². The maximum Gasteiger partial charge on any atom is 0.247 e. The zero-order valence-electron chi connectivity index (χ0n) is 23.7. The van der Waals surface area contributed by atoms with E-state index in [9.17, 15) is 24.6 Å². The van der Waals surface area contributed by atoms with Crippen LogP contribution >= 0.6 is 0 Å². The second kappa shape index (κ2) is 13.6. The van der Waals surface area contributed by atoms with Gasteiger partial charge >= 0.3 is 0 Å². The highest BCUT2D eigenvalue weighted by molar-refractivity contribution is 5.96. The Bertz CT molecular complexity index is 1290. The van der Waals surface area contributed by atoms with Crippen LogP contribution in [0.2, 0.25) is 0 Å². The Morgan fingerprint density at radius 1 is 1.15 bits per heavy atom. The van der Waals surface area contributed by atoms with Gasteiger partial charge in [-0.1, -0.05) is 31.5 Å². The van der Waals surface area contributed by atoms with E-state index in [1.807, 2.05) is 31.2 Å². The van der Waals surface area contributed by atoms with Gasteiger partial charge in [-0.15, -0.1) is 0 Å². The highest BCUT2D eigenvalue weighted by Crippen LogP contribution is 2.51. The molecule has 0 radical (unpaired) electrons. The van der Waals surface area contributed by atoms with Crippen molar-refractivity contribution in [2.75, 3.05) is 33.9 Å². The summed E-state index contributed by atoms with van der Waals surface area (Å²) in [5.41, 5.74) is 2.07. The third kappa shape index (κ3) is 6.23. The third-order valence-corrected chi connectivity index (χ3v) is 7.65. The third-order valence-electron chi connectivity index (χ3n) is 7.65. The number of nitrogens with zero attached hydrogens (tertiary/aromatic N) is 1. The zero-order valence-corrected chi connectivity index (χ0v) is 23.7. The molecule has 4 rings (SSSR count). The highest BCUT2D eigenvalue weighted by Gasteiger charge is 2.51. The number of benzene rings is 2. The minimum Gasteiger partial charge on any atom is -0.496 e. The lowest BCUT2D eigenvalue weighted by Gasteiger charge is -2.41. The fraction of sp³-hybridized carbons (Fsp3) is 0.452. The maximum atomic E-state index is 13.6. The quantitative estimate of drug-likeness (QED) is 0.315. The number of hydrogen-bond donors (Lipinski definition) is 3. The topological polar surface area (TPSA) is 135 Å². The molecular weight excluding hydrogens is 528 g/mol. The van der Waals surface area contributed by atoms with Crippen LogP contribution in [0.25, 0.3) is 0 Å². The Hall–Kier alpha value is -3.89. The number of ether oxygens (including phenoxy) is 3. The van der Waals surface area contributed by atoms with Gasteiger partial charge in [0.05, 0.1) is 32.8 Å². The lowest BCUT2D eigenvalue weighted by Crippen LogP contribution is -2.56. The summed E-state index contributed by atoms with van der Waals surface area (Å²) < 4.78 is 17.2. The molecule has 0 aromatic heterocycles. The van der Waals surface area contributed by atoms with Crippen molar-refractivity contribution in [3.63, 3.8) is 0 Å². The van der Waals surface area contributed by atoms with E-state index in [2.05, 4.69) is 5.32 Å². The van der Waals surface area contributed by atoms with E-state index in [1.165, 1.54) is 13.2 Å². The number of aliphatic hydroxyl groups excluding tert-OH is 2.